The Labute approximate surface area is 198 Å². The van der Waals surface area contributed by atoms with Crippen molar-refractivity contribution in [3.05, 3.63) is 76.3 Å². The summed E-state index contributed by atoms with van der Waals surface area (Å²) in [4.78, 5) is 52.7. The van der Waals surface area contributed by atoms with Gasteiger partial charge in [-0.05, 0) is 60.4 Å². The number of amides is 2. The molecule has 6 atom stereocenters. The van der Waals surface area contributed by atoms with Gasteiger partial charge in [0.05, 0.1) is 23.1 Å². The molecule has 7 heteroatoms. The molecular formula is C26H20BrNO5. The smallest absolute Gasteiger partial charge is 0.338 e. The lowest BCUT2D eigenvalue weighted by Gasteiger charge is -2.37. The van der Waals surface area contributed by atoms with Gasteiger partial charge in [-0.25, -0.2) is 9.69 Å². The number of esters is 1. The summed E-state index contributed by atoms with van der Waals surface area (Å²) in [6.45, 7) is -0.395. The first-order chi connectivity index (χ1) is 15.9. The maximum absolute atomic E-state index is 13.3. The zero-order valence-electron chi connectivity index (χ0n) is 17.5. The Bertz CT molecular complexity index is 1200. The highest BCUT2D eigenvalue weighted by Crippen LogP contribution is 2.65. The average Bonchev–Trinajstić information content (AvgIpc) is 3.61. The molecule has 3 fully saturated rings. The monoisotopic (exact) mass is 505 g/mol. The fourth-order valence-corrected chi connectivity index (χ4v) is 6.18. The van der Waals surface area contributed by atoms with Gasteiger partial charge in [0.25, 0.3) is 0 Å². The van der Waals surface area contributed by atoms with Crippen LogP contribution in [0.15, 0.2) is 65.2 Å². The van der Waals surface area contributed by atoms with E-state index in [9.17, 15) is 19.2 Å². The summed E-state index contributed by atoms with van der Waals surface area (Å²) < 4.78 is 6.05. The number of benzene rings is 2. The Hall–Kier alpha value is -3.06. The lowest BCUT2D eigenvalue weighted by Crippen LogP contribution is -2.40. The molecule has 0 radical (unpaired) electrons. The molecule has 0 aromatic heterocycles. The molecule has 2 bridgehead atoms. The molecule has 166 valence electrons. The minimum atomic E-state index is -0.679. The molecule has 2 amide bonds. The molecule has 7 rings (SSSR count). The second-order valence-electron chi connectivity index (χ2n) is 9.22. The Morgan fingerprint density at radius 3 is 2.18 bits per heavy atom. The van der Waals surface area contributed by atoms with Crippen LogP contribution in [0.25, 0.3) is 0 Å². The number of halogens is 1. The van der Waals surface area contributed by atoms with Crippen molar-refractivity contribution in [1.29, 1.82) is 0 Å². The van der Waals surface area contributed by atoms with Crippen LogP contribution in [0.2, 0.25) is 0 Å². The Balaban J connectivity index is 1.18. The van der Waals surface area contributed by atoms with Gasteiger partial charge in [0.2, 0.25) is 11.8 Å². The maximum Gasteiger partial charge on any atom is 0.338 e. The maximum atomic E-state index is 13.3. The van der Waals surface area contributed by atoms with E-state index in [4.69, 9.17) is 4.74 Å². The molecule has 33 heavy (non-hydrogen) atoms. The number of carbonyl (C=O) groups is 4. The van der Waals surface area contributed by atoms with Gasteiger partial charge < -0.3 is 4.74 Å². The first-order valence-electron chi connectivity index (χ1n) is 11.1. The van der Waals surface area contributed by atoms with E-state index in [1.165, 1.54) is 11.0 Å². The van der Waals surface area contributed by atoms with Crippen LogP contribution in [0.3, 0.4) is 0 Å². The Kier molecular flexibility index (Phi) is 4.66. The van der Waals surface area contributed by atoms with Crippen LogP contribution in [-0.2, 0) is 14.3 Å². The van der Waals surface area contributed by atoms with Crippen LogP contribution in [-0.4, -0.2) is 30.2 Å². The second-order valence-corrected chi connectivity index (χ2v) is 10.1. The van der Waals surface area contributed by atoms with E-state index in [0.717, 1.165) is 10.9 Å². The summed E-state index contributed by atoms with van der Waals surface area (Å²) in [5.74, 6) is -0.593. The fourth-order valence-electron chi connectivity index (χ4n) is 5.92. The molecule has 2 aromatic carbocycles. The number of carbonyl (C=O) groups excluding carboxylic acids is 4. The van der Waals surface area contributed by atoms with Crippen LogP contribution < -0.4 is 4.90 Å². The van der Waals surface area contributed by atoms with Gasteiger partial charge in [0.1, 0.15) is 0 Å². The third kappa shape index (κ3) is 3.21. The lowest BCUT2D eigenvalue weighted by molar-refractivity contribution is -0.124. The molecule has 5 aliphatic rings. The van der Waals surface area contributed by atoms with Gasteiger partial charge in [-0.1, -0.05) is 46.3 Å². The Morgan fingerprint density at radius 1 is 0.909 bits per heavy atom. The minimum absolute atomic E-state index is 0.143. The molecular weight excluding hydrogens is 486 g/mol. The summed E-state index contributed by atoms with van der Waals surface area (Å²) in [5.41, 5.74) is 1.01. The molecule has 6 nitrogen and oxygen atoms in total. The highest BCUT2D eigenvalue weighted by atomic mass is 79.9. The van der Waals surface area contributed by atoms with Crippen molar-refractivity contribution in [3.63, 3.8) is 0 Å². The van der Waals surface area contributed by atoms with Gasteiger partial charge in [-0.2, -0.15) is 0 Å². The van der Waals surface area contributed by atoms with Crippen molar-refractivity contribution < 1.29 is 23.9 Å². The van der Waals surface area contributed by atoms with E-state index >= 15 is 0 Å². The van der Waals surface area contributed by atoms with Crippen molar-refractivity contribution in [2.24, 2.45) is 35.5 Å². The van der Waals surface area contributed by atoms with E-state index in [1.807, 2.05) is 0 Å². The van der Waals surface area contributed by atoms with E-state index in [2.05, 4.69) is 28.1 Å². The van der Waals surface area contributed by atoms with Gasteiger partial charge >= 0.3 is 5.97 Å². The van der Waals surface area contributed by atoms with E-state index < -0.39 is 12.6 Å². The molecule has 2 aromatic rings. The number of ether oxygens (including phenoxy) is 1. The summed E-state index contributed by atoms with van der Waals surface area (Å²) >= 11 is 3.31. The van der Waals surface area contributed by atoms with Crippen LogP contribution in [0.5, 0.6) is 0 Å². The van der Waals surface area contributed by atoms with Crippen molar-refractivity contribution in [2.75, 3.05) is 11.5 Å². The minimum Gasteiger partial charge on any atom is -0.454 e. The normalized spacial score (nSPS) is 30.8. The van der Waals surface area contributed by atoms with Crippen LogP contribution in [0, 0.1) is 35.5 Å². The fraction of sp³-hybridized carbons (Fsp3) is 0.308. The molecule has 0 spiro atoms. The van der Waals surface area contributed by atoms with Crippen molar-refractivity contribution in [2.45, 2.75) is 6.42 Å². The van der Waals surface area contributed by atoms with E-state index in [1.54, 1.807) is 42.5 Å². The van der Waals surface area contributed by atoms with Crippen molar-refractivity contribution >= 4 is 45.2 Å². The van der Waals surface area contributed by atoms with Crippen LogP contribution >= 0.6 is 15.9 Å². The van der Waals surface area contributed by atoms with Crippen LogP contribution in [0.1, 0.15) is 27.1 Å². The molecule has 1 aliphatic heterocycles. The summed E-state index contributed by atoms with van der Waals surface area (Å²) in [6, 6.07) is 13.1. The molecule has 0 N–H and O–H groups in total. The van der Waals surface area contributed by atoms with Gasteiger partial charge in [0, 0.05) is 10.0 Å². The number of Topliss-reactive ketones (excluding diaryl/α,β-unsaturated/α-hetero) is 1. The summed E-state index contributed by atoms with van der Waals surface area (Å²) in [6.07, 6.45) is 5.37. The number of ketones is 1. The Morgan fingerprint density at radius 2 is 1.55 bits per heavy atom. The third-order valence-electron chi connectivity index (χ3n) is 7.50. The first kappa shape index (κ1) is 20.5. The zero-order valence-corrected chi connectivity index (χ0v) is 19.1. The average molecular weight is 506 g/mol. The predicted octanol–water partition coefficient (Wildman–Crippen LogP) is 4.05. The number of allylic oxidation sites excluding steroid dienone is 2. The van der Waals surface area contributed by atoms with Crippen molar-refractivity contribution in [3.8, 4) is 0 Å². The van der Waals surface area contributed by atoms with Gasteiger partial charge in [0.15, 0.2) is 12.4 Å². The number of nitrogens with zero attached hydrogens (tertiary/aromatic N) is 1. The SMILES string of the molecule is O=C(COC(=O)c1cccc(N2C(=O)C3C4C=CC(C5CC45)C3C2=O)c1)c1ccc(Br)cc1. The highest BCUT2D eigenvalue weighted by Gasteiger charge is 2.67. The highest BCUT2D eigenvalue weighted by molar-refractivity contribution is 9.10. The van der Waals surface area contributed by atoms with E-state index in [-0.39, 0.29) is 46.8 Å². The number of rotatable bonds is 5. The molecule has 1 heterocycles. The number of imide groups is 1. The zero-order chi connectivity index (χ0) is 22.9. The standard InChI is InChI=1S/C26H20BrNO5/c27-15-6-4-13(5-7-15)21(29)12-33-26(32)14-2-1-3-16(10-14)28-24(30)22-17-8-9-18(20-11-19(17)20)23(22)25(28)31/h1-10,17-20,22-23H,11-12H2. The van der Waals surface area contributed by atoms with Crippen LogP contribution in [0.4, 0.5) is 5.69 Å². The molecule has 1 saturated heterocycles. The van der Waals surface area contributed by atoms with Gasteiger partial charge in [-0.3, -0.25) is 14.4 Å². The predicted molar refractivity (Wildman–Crippen MR) is 122 cm³/mol. The largest absolute Gasteiger partial charge is 0.454 e. The summed E-state index contributed by atoms with van der Waals surface area (Å²) in [7, 11) is 0. The number of hydrogen-bond donors (Lipinski definition) is 0. The first-order valence-corrected chi connectivity index (χ1v) is 11.9. The molecule has 2 saturated carbocycles. The molecule has 4 aliphatic carbocycles. The number of anilines is 1. The van der Waals surface area contributed by atoms with E-state index in [0.29, 0.717) is 23.1 Å². The second kappa shape index (κ2) is 7.48. The van der Waals surface area contributed by atoms with Crippen molar-refractivity contribution in [1.82, 2.24) is 0 Å². The quantitative estimate of drug-likeness (QED) is 0.265. The number of hydrogen-bond acceptors (Lipinski definition) is 5. The third-order valence-corrected chi connectivity index (χ3v) is 8.03. The summed E-state index contributed by atoms with van der Waals surface area (Å²) in [5, 5.41) is 0. The lowest BCUT2D eigenvalue weighted by atomic mass is 9.63. The van der Waals surface area contributed by atoms with Gasteiger partial charge in [-0.15, -0.1) is 0 Å². The topological polar surface area (TPSA) is 80.8 Å². The molecule has 6 unspecified atom stereocenters.